The average molecular weight is 256 g/mol. The first-order chi connectivity index (χ1) is 9.34. The predicted molar refractivity (Wildman–Crippen MR) is 77.2 cm³/mol. The van der Waals surface area contributed by atoms with E-state index in [9.17, 15) is 0 Å². The molecule has 0 aliphatic heterocycles. The Morgan fingerprint density at radius 1 is 1.05 bits per heavy atom. The lowest BCUT2D eigenvalue weighted by atomic mass is 10.1. The molecule has 2 aromatic rings. The topological polar surface area (TPSA) is 48.1 Å². The highest BCUT2D eigenvalue weighted by atomic mass is 16.5. The van der Waals surface area contributed by atoms with Crippen molar-refractivity contribution < 1.29 is 4.74 Å². The Kier molecular flexibility index (Phi) is 3.65. The van der Waals surface area contributed by atoms with Crippen LogP contribution in [-0.2, 0) is 0 Å². The van der Waals surface area contributed by atoms with Crippen LogP contribution in [0.4, 0.5) is 0 Å². The number of hydrogen-bond acceptors (Lipinski definition) is 3. The summed E-state index contributed by atoms with van der Waals surface area (Å²) in [6, 6.07) is 10.2. The molecule has 1 fully saturated rings. The molecule has 1 aromatic carbocycles. The van der Waals surface area contributed by atoms with Crippen molar-refractivity contribution in [3.05, 3.63) is 36.5 Å². The minimum Gasteiger partial charge on any atom is -0.488 e. The molecule has 3 nitrogen and oxygen atoms in total. The van der Waals surface area contributed by atoms with Gasteiger partial charge in [-0.1, -0.05) is 25.0 Å². The third-order valence-corrected chi connectivity index (χ3v) is 3.89. The van der Waals surface area contributed by atoms with Gasteiger partial charge in [0, 0.05) is 17.6 Å². The van der Waals surface area contributed by atoms with Crippen molar-refractivity contribution in [1.82, 2.24) is 4.98 Å². The number of benzene rings is 1. The maximum absolute atomic E-state index is 6.23. The Balaban J connectivity index is 1.88. The summed E-state index contributed by atoms with van der Waals surface area (Å²) in [5.41, 5.74) is 7.20. The van der Waals surface area contributed by atoms with Crippen LogP contribution < -0.4 is 10.5 Å². The van der Waals surface area contributed by atoms with E-state index in [1.54, 1.807) is 6.20 Å². The van der Waals surface area contributed by atoms with Gasteiger partial charge in [-0.2, -0.15) is 0 Å². The Morgan fingerprint density at radius 2 is 1.89 bits per heavy atom. The van der Waals surface area contributed by atoms with E-state index in [4.69, 9.17) is 10.5 Å². The number of hydrogen-bond donors (Lipinski definition) is 1. The van der Waals surface area contributed by atoms with Crippen LogP contribution in [-0.4, -0.2) is 17.1 Å². The second-order valence-corrected chi connectivity index (χ2v) is 5.28. The van der Waals surface area contributed by atoms with Gasteiger partial charge in [0.05, 0.1) is 5.52 Å². The standard InChI is InChI=1S/C16H20N2O/c17-13-7-2-1-3-9-16(13)19-15-10-11-18-14-8-5-4-6-12(14)15/h4-6,8,10-11,13,16H,1-3,7,9,17H2. The van der Waals surface area contributed by atoms with E-state index in [0.29, 0.717) is 0 Å². The molecule has 3 rings (SSSR count). The lowest BCUT2D eigenvalue weighted by Gasteiger charge is -2.23. The van der Waals surface area contributed by atoms with Crippen LogP contribution in [0.25, 0.3) is 10.9 Å². The van der Waals surface area contributed by atoms with Crippen molar-refractivity contribution in [1.29, 1.82) is 0 Å². The second kappa shape index (κ2) is 5.57. The van der Waals surface area contributed by atoms with E-state index in [1.165, 1.54) is 19.3 Å². The molecular weight excluding hydrogens is 236 g/mol. The number of para-hydroxylation sites is 1. The summed E-state index contributed by atoms with van der Waals surface area (Å²) in [7, 11) is 0. The van der Waals surface area contributed by atoms with Gasteiger partial charge in [0.25, 0.3) is 0 Å². The summed E-state index contributed by atoms with van der Waals surface area (Å²) >= 11 is 0. The largest absolute Gasteiger partial charge is 0.488 e. The van der Waals surface area contributed by atoms with Gasteiger partial charge in [-0.15, -0.1) is 0 Å². The zero-order valence-electron chi connectivity index (χ0n) is 11.1. The Labute approximate surface area is 113 Å². The quantitative estimate of drug-likeness (QED) is 0.839. The van der Waals surface area contributed by atoms with Crippen LogP contribution in [0.5, 0.6) is 5.75 Å². The lowest BCUT2D eigenvalue weighted by Crippen LogP contribution is -2.37. The van der Waals surface area contributed by atoms with E-state index in [0.717, 1.165) is 29.5 Å². The van der Waals surface area contributed by atoms with Gasteiger partial charge in [0.1, 0.15) is 11.9 Å². The first-order valence-electron chi connectivity index (χ1n) is 7.10. The van der Waals surface area contributed by atoms with Crippen LogP contribution in [0.15, 0.2) is 36.5 Å². The van der Waals surface area contributed by atoms with Gasteiger partial charge < -0.3 is 10.5 Å². The van der Waals surface area contributed by atoms with Gasteiger partial charge in [-0.25, -0.2) is 0 Å². The molecule has 2 N–H and O–H groups in total. The summed E-state index contributed by atoms with van der Waals surface area (Å²) < 4.78 is 6.20. The van der Waals surface area contributed by atoms with Crippen molar-refractivity contribution in [3.63, 3.8) is 0 Å². The van der Waals surface area contributed by atoms with Crippen molar-refractivity contribution in [2.75, 3.05) is 0 Å². The van der Waals surface area contributed by atoms with Crippen molar-refractivity contribution in [2.24, 2.45) is 5.73 Å². The molecule has 2 atom stereocenters. The molecule has 1 aliphatic carbocycles. The highest BCUT2D eigenvalue weighted by Crippen LogP contribution is 2.27. The average Bonchev–Trinajstić information content (AvgIpc) is 2.65. The number of pyridine rings is 1. The predicted octanol–water partition coefficient (Wildman–Crippen LogP) is 3.27. The smallest absolute Gasteiger partial charge is 0.130 e. The molecule has 1 aliphatic rings. The van der Waals surface area contributed by atoms with Crippen molar-refractivity contribution in [2.45, 2.75) is 44.2 Å². The molecule has 0 spiro atoms. The fourth-order valence-electron chi connectivity index (χ4n) is 2.78. The minimum atomic E-state index is 0.133. The summed E-state index contributed by atoms with van der Waals surface area (Å²) in [5.74, 6) is 0.910. The summed E-state index contributed by atoms with van der Waals surface area (Å²) in [5, 5.41) is 1.07. The Morgan fingerprint density at radius 3 is 2.84 bits per heavy atom. The van der Waals surface area contributed by atoms with Crippen LogP contribution in [0.2, 0.25) is 0 Å². The lowest BCUT2D eigenvalue weighted by molar-refractivity contribution is 0.165. The van der Waals surface area contributed by atoms with E-state index in [1.807, 2.05) is 24.3 Å². The van der Waals surface area contributed by atoms with Crippen LogP contribution in [0, 0.1) is 0 Å². The molecule has 1 aromatic heterocycles. The Bertz CT molecular complexity index is 550. The van der Waals surface area contributed by atoms with E-state index in [-0.39, 0.29) is 12.1 Å². The van der Waals surface area contributed by atoms with Crippen LogP contribution >= 0.6 is 0 Å². The molecular formula is C16H20N2O. The summed E-state index contributed by atoms with van der Waals surface area (Å²) in [6.45, 7) is 0. The van der Waals surface area contributed by atoms with E-state index >= 15 is 0 Å². The minimum absolute atomic E-state index is 0.133. The normalized spacial score (nSPS) is 24.1. The van der Waals surface area contributed by atoms with Crippen molar-refractivity contribution >= 4 is 10.9 Å². The highest BCUT2D eigenvalue weighted by Gasteiger charge is 2.22. The Hall–Kier alpha value is -1.61. The van der Waals surface area contributed by atoms with E-state index in [2.05, 4.69) is 11.1 Å². The number of aromatic nitrogens is 1. The zero-order valence-corrected chi connectivity index (χ0v) is 11.1. The maximum atomic E-state index is 6.23. The van der Waals surface area contributed by atoms with Gasteiger partial charge in [-0.3, -0.25) is 4.98 Å². The molecule has 19 heavy (non-hydrogen) atoms. The van der Waals surface area contributed by atoms with Crippen LogP contribution in [0.1, 0.15) is 32.1 Å². The maximum Gasteiger partial charge on any atom is 0.130 e. The third-order valence-electron chi connectivity index (χ3n) is 3.89. The second-order valence-electron chi connectivity index (χ2n) is 5.28. The number of ether oxygens (including phenoxy) is 1. The molecule has 100 valence electrons. The summed E-state index contributed by atoms with van der Waals surface area (Å²) in [4.78, 5) is 4.36. The number of fused-ring (bicyclic) bond motifs is 1. The van der Waals surface area contributed by atoms with Gasteiger partial charge >= 0.3 is 0 Å². The molecule has 3 heteroatoms. The fourth-order valence-corrected chi connectivity index (χ4v) is 2.78. The molecule has 0 bridgehead atoms. The monoisotopic (exact) mass is 256 g/mol. The molecule has 0 radical (unpaired) electrons. The molecule has 2 unspecified atom stereocenters. The fraction of sp³-hybridized carbons (Fsp3) is 0.438. The SMILES string of the molecule is NC1CCCCCC1Oc1ccnc2ccccc12. The third kappa shape index (κ3) is 2.71. The highest BCUT2D eigenvalue weighted by molar-refractivity contribution is 5.84. The van der Waals surface area contributed by atoms with Crippen molar-refractivity contribution in [3.8, 4) is 5.75 Å². The number of nitrogens with zero attached hydrogens (tertiary/aromatic N) is 1. The van der Waals surface area contributed by atoms with E-state index < -0.39 is 0 Å². The first-order valence-corrected chi connectivity index (χ1v) is 7.10. The number of rotatable bonds is 2. The molecule has 0 saturated heterocycles. The molecule has 0 amide bonds. The summed E-state index contributed by atoms with van der Waals surface area (Å²) in [6.07, 6.45) is 7.75. The van der Waals surface area contributed by atoms with Gasteiger partial charge in [-0.05, 0) is 37.5 Å². The van der Waals surface area contributed by atoms with Gasteiger partial charge in [0.15, 0.2) is 0 Å². The van der Waals surface area contributed by atoms with Gasteiger partial charge in [0.2, 0.25) is 0 Å². The number of nitrogens with two attached hydrogens (primary N) is 1. The molecule has 1 heterocycles. The molecule has 1 saturated carbocycles. The zero-order chi connectivity index (χ0) is 13.1. The first kappa shape index (κ1) is 12.4. The van der Waals surface area contributed by atoms with Crippen LogP contribution in [0.3, 0.4) is 0 Å².